The maximum Gasteiger partial charge on any atom is 0.247 e. The second kappa shape index (κ2) is 7.61. The van der Waals surface area contributed by atoms with Crippen molar-refractivity contribution in [3.63, 3.8) is 0 Å². The Bertz CT molecular complexity index is 1030. The Labute approximate surface area is 166 Å². The topological polar surface area (TPSA) is 80.5 Å². The molecule has 0 aliphatic heterocycles. The molecule has 0 bridgehead atoms. The molecule has 0 aliphatic rings. The van der Waals surface area contributed by atoms with Crippen LogP contribution in [0.5, 0.6) is 0 Å². The predicted octanol–water partition coefficient (Wildman–Crippen LogP) is 5.23. The largest absolute Gasteiger partial charge is 0.420 e. The molecule has 4 rings (SSSR count). The first-order chi connectivity index (χ1) is 12.7. The monoisotopic (exact) mass is 447 g/mol. The molecule has 0 spiro atoms. The quantitative estimate of drug-likeness (QED) is 0.421. The van der Waals surface area contributed by atoms with Crippen LogP contribution in [0.3, 0.4) is 0 Å². The molecule has 26 heavy (non-hydrogen) atoms. The Hall–Kier alpha value is -2.16. The molecule has 0 fully saturated rings. The van der Waals surface area contributed by atoms with Gasteiger partial charge in [-0.3, -0.25) is 5.10 Å². The van der Waals surface area contributed by atoms with Gasteiger partial charge in [0.25, 0.3) is 0 Å². The molecule has 0 unspecified atom stereocenters. The molecule has 130 valence electrons. The summed E-state index contributed by atoms with van der Waals surface area (Å²) >= 11 is 10.8. The van der Waals surface area contributed by atoms with Gasteiger partial charge in [0, 0.05) is 20.6 Å². The van der Waals surface area contributed by atoms with E-state index in [-0.39, 0.29) is 0 Å². The second-order valence-electron chi connectivity index (χ2n) is 5.24. The predicted molar refractivity (Wildman–Crippen MR) is 104 cm³/mol. The van der Waals surface area contributed by atoms with Gasteiger partial charge in [0.05, 0.1) is 5.75 Å². The molecule has 1 N–H and O–H groups in total. The first-order valence-electron chi connectivity index (χ1n) is 7.57. The molecule has 0 saturated carbocycles. The van der Waals surface area contributed by atoms with Crippen molar-refractivity contribution in [1.82, 2.24) is 25.4 Å². The second-order valence-corrected chi connectivity index (χ2v) is 7.48. The zero-order chi connectivity index (χ0) is 17.9. The highest BCUT2D eigenvalue weighted by Gasteiger charge is 2.12. The number of hydrogen-bond acceptors (Lipinski definition) is 6. The van der Waals surface area contributed by atoms with E-state index in [0.717, 1.165) is 15.6 Å². The first-order valence-corrected chi connectivity index (χ1v) is 9.73. The number of aromatic amines is 1. The van der Waals surface area contributed by atoms with Crippen LogP contribution >= 0.6 is 39.3 Å². The van der Waals surface area contributed by atoms with Gasteiger partial charge >= 0.3 is 0 Å². The van der Waals surface area contributed by atoms with Gasteiger partial charge < -0.3 is 4.42 Å². The van der Waals surface area contributed by atoms with Crippen molar-refractivity contribution in [3.8, 4) is 22.8 Å². The molecule has 2 heterocycles. The zero-order valence-corrected chi connectivity index (χ0v) is 16.3. The van der Waals surface area contributed by atoms with Crippen molar-refractivity contribution >= 4 is 39.3 Å². The highest BCUT2D eigenvalue weighted by atomic mass is 79.9. The van der Waals surface area contributed by atoms with Crippen LogP contribution in [-0.2, 0) is 5.75 Å². The summed E-state index contributed by atoms with van der Waals surface area (Å²) in [4.78, 5) is 4.49. The van der Waals surface area contributed by atoms with Crippen LogP contribution in [0, 0.1) is 0 Å². The minimum Gasteiger partial charge on any atom is -0.420 e. The van der Waals surface area contributed by atoms with Crippen molar-refractivity contribution in [2.45, 2.75) is 10.9 Å². The van der Waals surface area contributed by atoms with Crippen molar-refractivity contribution < 1.29 is 4.42 Å². The van der Waals surface area contributed by atoms with Crippen LogP contribution < -0.4 is 0 Å². The minimum atomic E-state index is 0.459. The SMILES string of the molecule is Clc1ccc(-c2nnc(CSc3n[nH]c(-c4ccccc4Br)n3)o2)cc1. The molecule has 4 aromatic rings. The maximum atomic E-state index is 5.89. The number of rotatable bonds is 5. The van der Waals surface area contributed by atoms with Crippen LogP contribution in [0.25, 0.3) is 22.8 Å². The van der Waals surface area contributed by atoms with E-state index in [4.69, 9.17) is 16.0 Å². The van der Waals surface area contributed by atoms with Gasteiger partial charge in [-0.1, -0.05) is 57.5 Å². The molecule has 0 saturated heterocycles. The van der Waals surface area contributed by atoms with E-state index in [0.29, 0.717) is 33.5 Å². The van der Waals surface area contributed by atoms with Gasteiger partial charge in [0.2, 0.25) is 16.9 Å². The smallest absolute Gasteiger partial charge is 0.247 e. The third-order valence-corrected chi connectivity index (χ3v) is 5.25. The van der Waals surface area contributed by atoms with E-state index in [1.165, 1.54) is 11.8 Å². The lowest BCUT2D eigenvalue weighted by Crippen LogP contribution is -1.83. The summed E-state index contributed by atoms with van der Waals surface area (Å²) < 4.78 is 6.64. The average Bonchev–Trinajstić information content (AvgIpc) is 3.30. The van der Waals surface area contributed by atoms with Gasteiger partial charge in [-0.05, 0) is 30.3 Å². The lowest BCUT2D eigenvalue weighted by Gasteiger charge is -1.98. The third kappa shape index (κ3) is 3.82. The molecule has 6 nitrogen and oxygen atoms in total. The van der Waals surface area contributed by atoms with Gasteiger partial charge in [-0.15, -0.1) is 15.3 Å². The van der Waals surface area contributed by atoms with Crippen molar-refractivity contribution in [3.05, 3.63) is 63.9 Å². The lowest BCUT2D eigenvalue weighted by molar-refractivity contribution is 0.528. The van der Waals surface area contributed by atoms with Crippen LogP contribution in [0.2, 0.25) is 5.02 Å². The molecule has 9 heteroatoms. The summed E-state index contributed by atoms with van der Waals surface area (Å²) in [6.07, 6.45) is 0. The number of H-pyrrole nitrogens is 1. The summed E-state index contributed by atoms with van der Waals surface area (Å²) in [6.45, 7) is 0. The Balaban J connectivity index is 1.44. The van der Waals surface area contributed by atoms with E-state index in [1.54, 1.807) is 12.1 Å². The molecule has 0 radical (unpaired) electrons. The molecule has 0 aliphatic carbocycles. The van der Waals surface area contributed by atoms with Crippen molar-refractivity contribution in [1.29, 1.82) is 0 Å². The van der Waals surface area contributed by atoms with Crippen LogP contribution in [0.1, 0.15) is 5.89 Å². The van der Waals surface area contributed by atoms with Crippen LogP contribution in [0.15, 0.2) is 62.6 Å². The molecule has 0 amide bonds. The molecular weight excluding hydrogens is 438 g/mol. The zero-order valence-electron chi connectivity index (χ0n) is 13.2. The number of aromatic nitrogens is 5. The maximum absolute atomic E-state index is 5.89. The molecule has 0 atom stereocenters. The van der Waals surface area contributed by atoms with Crippen molar-refractivity contribution in [2.75, 3.05) is 0 Å². The number of nitrogens with zero attached hydrogens (tertiary/aromatic N) is 4. The molecular formula is C17H11BrClN5OS. The fourth-order valence-corrected chi connectivity index (χ4v) is 3.47. The van der Waals surface area contributed by atoms with Crippen LogP contribution in [0.4, 0.5) is 0 Å². The molecule has 2 aromatic carbocycles. The minimum absolute atomic E-state index is 0.459. The fraction of sp³-hybridized carbons (Fsp3) is 0.0588. The standard InChI is InChI=1S/C17H11BrClN5OS/c18-13-4-2-1-3-12(13)15-20-17(24-22-15)26-9-14-21-23-16(25-14)10-5-7-11(19)8-6-10/h1-8H,9H2,(H,20,22,24). The number of thioether (sulfide) groups is 1. The van der Waals surface area contributed by atoms with Crippen LogP contribution in [-0.4, -0.2) is 25.4 Å². The first kappa shape index (κ1) is 17.3. The summed E-state index contributed by atoms with van der Waals surface area (Å²) in [5.74, 6) is 2.15. The summed E-state index contributed by atoms with van der Waals surface area (Å²) in [7, 11) is 0. The summed E-state index contributed by atoms with van der Waals surface area (Å²) in [5, 5.41) is 16.6. The highest BCUT2D eigenvalue weighted by Crippen LogP contribution is 2.28. The number of nitrogens with one attached hydrogen (secondary N) is 1. The van der Waals surface area contributed by atoms with Gasteiger partial charge in [-0.2, -0.15) is 0 Å². The van der Waals surface area contributed by atoms with Gasteiger partial charge in [0.1, 0.15) is 0 Å². The number of benzene rings is 2. The average molecular weight is 449 g/mol. The normalized spacial score (nSPS) is 11.0. The lowest BCUT2D eigenvalue weighted by atomic mass is 10.2. The van der Waals surface area contributed by atoms with Gasteiger partial charge in [0.15, 0.2) is 5.82 Å². The van der Waals surface area contributed by atoms with E-state index in [2.05, 4.69) is 41.3 Å². The Morgan fingerprint density at radius 3 is 2.69 bits per heavy atom. The molecule has 2 aromatic heterocycles. The fourth-order valence-electron chi connectivity index (χ4n) is 2.23. The van der Waals surface area contributed by atoms with Crippen molar-refractivity contribution in [2.24, 2.45) is 0 Å². The van der Waals surface area contributed by atoms with E-state index >= 15 is 0 Å². The van der Waals surface area contributed by atoms with E-state index < -0.39 is 0 Å². The number of hydrogen-bond donors (Lipinski definition) is 1. The Kier molecular flexibility index (Phi) is 5.05. The summed E-state index contributed by atoms with van der Waals surface area (Å²) in [6, 6.07) is 15.1. The summed E-state index contributed by atoms with van der Waals surface area (Å²) in [5.41, 5.74) is 1.78. The van der Waals surface area contributed by atoms with Gasteiger partial charge in [-0.25, -0.2) is 4.98 Å². The number of halogens is 2. The van der Waals surface area contributed by atoms with E-state index in [1.807, 2.05) is 36.4 Å². The third-order valence-electron chi connectivity index (χ3n) is 3.48. The Morgan fingerprint density at radius 2 is 1.88 bits per heavy atom. The van der Waals surface area contributed by atoms with E-state index in [9.17, 15) is 0 Å². The Morgan fingerprint density at radius 1 is 1.08 bits per heavy atom. The highest BCUT2D eigenvalue weighted by molar-refractivity contribution is 9.10.